The molecule has 0 aliphatic carbocycles. The molecule has 0 atom stereocenters. The summed E-state index contributed by atoms with van der Waals surface area (Å²) in [7, 11) is 0. The van der Waals surface area contributed by atoms with Gasteiger partial charge >= 0.3 is 0 Å². The smallest absolute Gasteiger partial charge is 0.0942 e. The Labute approximate surface area is 319 Å². The Morgan fingerprint density at radius 2 is 0.736 bits per heavy atom. The van der Waals surface area contributed by atoms with Gasteiger partial charge in [0.15, 0.2) is 0 Å². The molecule has 53 heavy (non-hydrogen) atoms. The number of para-hydroxylation sites is 2. The van der Waals surface area contributed by atoms with Gasteiger partial charge in [-0.15, -0.1) is 0 Å². The molecule has 0 amide bonds. The first kappa shape index (κ1) is 37.1. The van der Waals surface area contributed by atoms with Crippen molar-refractivity contribution in [3.8, 4) is 22.3 Å². The van der Waals surface area contributed by atoms with Crippen molar-refractivity contribution >= 4 is 17.1 Å². The van der Waals surface area contributed by atoms with Crippen LogP contribution < -0.4 is 4.90 Å². The molecule has 0 fully saturated rings. The largest absolute Gasteiger partial charge is 0.359 e. The Morgan fingerprint density at radius 3 is 1.17 bits per heavy atom. The van der Waals surface area contributed by atoms with Crippen LogP contribution in [-0.4, -0.2) is 0 Å². The molecule has 0 N–H and O–H groups in total. The van der Waals surface area contributed by atoms with Crippen LogP contribution in [0.5, 0.6) is 0 Å². The number of nitrogens with zero attached hydrogens (tertiary/aromatic N) is 1. The highest BCUT2D eigenvalue weighted by atomic mass is 16.5. The van der Waals surface area contributed by atoms with E-state index in [1.165, 1.54) is 44.5 Å². The standard InChI is InChI=1S/C50H59NO2/c1-9-47(10-2)42-31-28-36(33-44(42)49(13-5,14-6)52-47)37-27-30-41(46(35-37)51(39-23-19-17-20-24-39)40-25-21-18-22-26-40)38-29-32-43-45(34-38)50(15-7,16-8)53-48(43,11-3)12-4/h17-35H,9-16H2,1-8H3. The highest BCUT2D eigenvalue weighted by molar-refractivity contribution is 5.91. The van der Waals surface area contributed by atoms with Gasteiger partial charge in [0.2, 0.25) is 0 Å². The van der Waals surface area contributed by atoms with Gasteiger partial charge in [0.25, 0.3) is 0 Å². The summed E-state index contributed by atoms with van der Waals surface area (Å²) in [4.78, 5) is 2.43. The maximum Gasteiger partial charge on any atom is 0.0942 e. The summed E-state index contributed by atoms with van der Waals surface area (Å²) in [5.41, 5.74) is 12.7. The summed E-state index contributed by atoms with van der Waals surface area (Å²) in [6, 6.07) is 43.0. The Bertz CT molecular complexity index is 1990. The van der Waals surface area contributed by atoms with Crippen LogP contribution in [0, 0.1) is 0 Å². The summed E-state index contributed by atoms with van der Waals surface area (Å²) in [5.74, 6) is 0. The topological polar surface area (TPSA) is 21.7 Å². The minimum Gasteiger partial charge on any atom is -0.359 e. The lowest BCUT2D eigenvalue weighted by Crippen LogP contribution is -2.31. The minimum atomic E-state index is -0.292. The van der Waals surface area contributed by atoms with E-state index in [-0.39, 0.29) is 22.4 Å². The van der Waals surface area contributed by atoms with Gasteiger partial charge in [-0.1, -0.05) is 128 Å². The quantitative estimate of drug-likeness (QED) is 0.122. The highest BCUT2D eigenvalue weighted by Gasteiger charge is 2.51. The van der Waals surface area contributed by atoms with Crippen molar-refractivity contribution in [2.75, 3.05) is 4.90 Å². The monoisotopic (exact) mass is 705 g/mol. The first-order valence-electron chi connectivity index (χ1n) is 20.5. The average molecular weight is 706 g/mol. The van der Waals surface area contributed by atoms with Crippen molar-refractivity contribution in [1.29, 1.82) is 0 Å². The van der Waals surface area contributed by atoms with Gasteiger partial charge in [-0.25, -0.2) is 0 Å². The number of hydrogen-bond acceptors (Lipinski definition) is 3. The number of hydrogen-bond donors (Lipinski definition) is 0. The molecule has 0 radical (unpaired) electrons. The van der Waals surface area contributed by atoms with E-state index in [9.17, 15) is 0 Å². The van der Waals surface area contributed by atoms with Crippen LogP contribution >= 0.6 is 0 Å². The molecule has 2 aliphatic rings. The number of rotatable bonds is 13. The third-order valence-corrected chi connectivity index (χ3v) is 13.3. The van der Waals surface area contributed by atoms with E-state index in [2.05, 4.69) is 176 Å². The van der Waals surface area contributed by atoms with Gasteiger partial charge in [0.1, 0.15) is 0 Å². The summed E-state index contributed by atoms with van der Waals surface area (Å²) < 4.78 is 14.3. The molecule has 7 rings (SSSR count). The third-order valence-electron chi connectivity index (χ3n) is 13.3. The van der Waals surface area contributed by atoms with Crippen LogP contribution in [0.3, 0.4) is 0 Å². The molecule has 5 aromatic rings. The predicted octanol–water partition coefficient (Wildman–Crippen LogP) is 14.6. The predicted molar refractivity (Wildman–Crippen MR) is 223 cm³/mol. The molecule has 3 heteroatoms. The third kappa shape index (κ3) is 5.87. The lowest BCUT2D eigenvalue weighted by molar-refractivity contribution is -0.151. The summed E-state index contributed by atoms with van der Waals surface area (Å²) in [6.45, 7) is 18.2. The first-order chi connectivity index (χ1) is 25.8. The molecule has 0 spiro atoms. The zero-order chi connectivity index (χ0) is 37.4. The molecule has 0 saturated heterocycles. The Morgan fingerprint density at radius 1 is 0.377 bits per heavy atom. The lowest BCUT2D eigenvalue weighted by atomic mass is 9.80. The second kappa shape index (κ2) is 14.6. The minimum absolute atomic E-state index is 0.233. The summed E-state index contributed by atoms with van der Waals surface area (Å²) in [6.07, 6.45) is 7.69. The fourth-order valence-electron chi connectivity index (χ4n) is 9.77. The fourth-order valence-corrected chi connectivity index (χ4v) is 9.77. The fraction of sp³-hybridized carbons (Fsp3) is 0.400. The van der Waals surface area contributed by atoms with Gasteiger partial charge in [0.05, 0.1) is 28.1 Å². The van der Waals surface area contributed by atoms with Gasteiger partial charge in [-0.3, -0.25) is 0 Å². The van der Waals surface area contributed by atoms with E-state index < -0.39 is 0 Å². The SMILES string of the molecule is CCC1(CC)OC(CC)(CC)c2cc(-c3ccc(-c4ccc5c(c4)C(CC)(CC)OC5(CC)CC)c(N(c4ccccc4)c4ccccc4)c3)ccc21. The van der Waals surface area contributed by atoms with Crippen molar-refractivity contribution in [2.45, 2.75) is 129 Å². The van der Waals surface area contributed by atoms with E-state index in [0.29, 0.717) is 0 Å². The zero-order valence-electron chi connectivity index (χ0n) is 33.4. The number of anilines is 3. The summed E-state index contributed by atoms with van der Waals surface area (Å²) in [5, 5.41) is 0. The number of benzene rings is 5. The van der Waals surface area contributed by atoms with Crippen molar-refractivity contribution in [1.82, 2.24) is 0 Å². The van der Waals surface area contributed by atoms with E-state index in [4.69, 9.17) is 9.47 Å². The van der Waals surface area contributed by atoms with E-state index in [1.807, 2.05) is 0 Å². The van der Waals surface area contributed by atoms with Crippen LogP contribution in [0.15, 0.2) is 115 Å². The second-order valence-corrected chi connectivity index (χ2v) is 15.3. The molecular formula is C50H59NO2. The van der Waals surface area contributed by atoms with E-state index in [0.717, 1.165) is 68.4 Å². The molecule has 0 unspecified atom stereocenters. The molecule has 0 aromatic heterocycles. The van der Waals surface area contributed by atoms with Gasteiger partial charge in [-0.05, 0) is 133 Å². The summed E-state index contributed by atoms with van der Waals surface area (Å²) >= 11 is 0. The zero-order valence-corrected chi connectivity index (χ0v) is 33.4. The number of ether oxygens (including phenoxy) is 2. The molecule has 0 saturated carbocycles. The van der Waals surface area contributed by atoms with Crippen molar-refractivity contribution < 1.29 is 9.47 Å². The van der Waals surface area contributed by atoms with Crippen LogP contribution in [0.2, 0.25) is 0 Å². The Kier molecular flexibility index (Phi) is 10.2. The molecule has 276 valence electrons. The Hall–Kier alpha value is -4.18. The number of fused-ring (bicyclic) bond motifs is 2. The van der Waals surface area contributed by atoms with Crippen molar-refractivity contribution in [3.05, 3.63) is 138 Å². The van der Waals surface area contributed by atoms with E-state index >= 15 is 0 Å². The first-order valence-corrected chi connectivity index (χ1v) is 20.5. The normalized spacial score (nSPS) is 17.4. The second-order valence-electron chi connectivity index (χ2n) is 15.3. The van der Waals surface area contributed by atoms with Gasteiger partial charge in [-0.2, -0.15) is 0 Å². The van der Waals surface area contributed by atoms with Crippen LogP contribution in [0.25, 0.3) is 22.3 Å². The van der Waals surface area contributed by atoms with Gasteiger partial charge < -0.3 is 14.4 Å². The maximum atomic E-state index is 7.17. The molecule has 2 aliphatic heterocycles. The van der Waals surface area contributed by atoms with Crippen LogP contribution in [0.1, 0.15) is 129 Å². The Balaban J connectivity index is 1.47. The molecule has 5 aromatic carbocycles. The van der Waals surface area contributed by atoms with E-state index in [1.54, 1.807) is 0 Å². The average Bonchev–Trinajstić information content (AvgIpc) is 3.69. The maximum absolute atomic E-state index is 7.17. The molecule has 3 nitrogen and oxygen atoms in total. The van der Waals surface area contributed by atoms with Crippen LogP contribution in [-0.2, 0) is 31.9 Å². The highest BCUT2D eigenvalue weighted by Crippen LogP contribution is 2.56. The lowest BCUT2D eigenvalue weighted by Gasteiger charge is -2.34. The molecule has 2 heterocycles. The molecule has 0 bridgehead atoms. The van der Waals surface area contributed by atoms with Gasteiger partial charge in [0, 0.05) is 16.9 Å². The van der Waals surface area contributed by atoms with Crippen LogP contribution in [0.4, 0.5) is 17.1 Å². The molecular weight excluding hydrogens is 647 g/mol. The van der Waals surface area contributed by atoms with Crippen molar-refractivity contribution in [2.24, 2.45) is 0 Å². The van der Waals surface area contributed by atoms with Crippen molar-refractivity contribution in [3.63, 3.8) is 0 Å².